The Balaban J connectivity index is 1.55. The quantitative estimate of drug-likeness (QED) is 0.763. The van der Waals surface area contributed by atoms with E-state index in [9.17, 15) is 5.11 Å². The van der Waals surface area contributed by atoms with Crippen LogP contribution in [0.25, 0.3) is 0 Å². The van der Waals surface area contributed by atoms with Gasteiger partial charge in [0.15, 0.2) is 0 Å². The minimum Gasteiger partial charge on any atom is -0.388 e. The van der Waals surface area contributed by atoms with E-state index in [4.69, 9.17) is 23.2 Å². The summed E-state index contributed by atoms with van der Waals surface area (Å²) >= 11 is 12.2. The molecule has 4 saturated carbocycles. The summed E-state index contributed by atoms with van der Waals surface area (Å²) in [5, 5.41) is 12.0. The molecule has 4 bridgehead atoms. The Morgan fingerprint density at radius 2 is 1.62 bits per heavy atom. The van der Waals surface area contributed by atoms with Gasteiger partial charge in [0, 0.05) is 10.0 Å². The number of aliphatic hydroxyl groups excluding tert-OH is 1. The molecule has 0 heterocycles. The average molecular weight is 325 g/mol. The molecule has 0 aliphatic heterocycles. The molecule has 0 radical (unpaired) electrons. The Hall–Kier alpha value is -0.240. The van der Waals surface area contributed by atoms with Crippen molar-refractivity contribution in [2.45, 2.75) is 51.0 Å². The highest BCUT2D eigenvalue weighted by molar-refractivity contribution is 6.35. The van der Waals surface area contributed by atoms with Gasteiger partial charge in [-0.3, -0.25) is 0 Å². The van der Waals surface area contributed by atoms with Gasteiger partial charge in [0.1, 0.15) is 0 Å². The molecule has 3 heteroatoms. The Morgan fingerprint density at radius 1 is 1.05 bits per heavy atom. The highest BCUT2D eigenvalue weighted by Crippen LogP contribution is 2.62. The van der Waals surface area contributed by atoms with Crippen LogP contribution < -0.4 is 0 Å². The van der Waals surface area contributed by atoms with Crippen LogP contribution >= 0.6 is 23.2 Å². The summed E-state index contributed by atoms with van der Waals surface area (Å²) < 4.78 is 0. The van der Waals surface area contributed by atoms with Crippen molar-refractivity contribution in [1.82, 2.24) is 0 Å². The second kappa shape index (κ2) is 5.15. The molecular weight excluding hydrogens is 303 g/mol. The number of benzene rings is 1. The molecular formula is C18H22Cl2O. The average Bonchev–Trinajstić information content (AvgIpc) is 2.35. The van der Waals surface area contributed by atoms with Crippen molar-refractivity contribution >= 4 is 23.2 Å². The molecule has 1 atom stereocenters. The van der Waals surface area contributed by atoms with E-state index in [0.29, 0.717) is 15.5 Å². The lowest BCUT2D eigenvalue weighted by molar-refractivity contribution is -0.0764. The zero-order valence-electron chi connectivity index (χ0n) is 12.2. The predicted molar refractivity (Wildman–Crippen MR) is 86.6 cm³/mol. The monoisotopic (exact) mass is 324 g/mol. The predicted octanol–water partition coefficient (Wildman–Crippen LogP) is 5.63. The first-order chi connectivity index (χ1) is 10.0. The van der Waals surface area contributed by atoms with Crippen LogP contribution in [-0.4, -0.2) is 5.11 Å². The van der Waals surface area contributed by atoms with Gasteiger partial charge >= 0.3 is 0 Å². The number of aliphatic hydroxyl groups is 1. The number of hydrogen-bond donors (Lipinski definition) is 1. The molecule has 0 spiro atoms. The van der Waals surface area contributed by atoms with E-state index in [1.165, 1.54) is 38.5 Å². The summed E-state index contributed by atoms with van der Waals surface area (Å²) in [5.74, 6) is 2.76. The van der Waals surface area contributed by atoms with Crippen LogP contribution in [-0.2, 0) is 0 Å². The molecule has 4 aliphatic rings. The van der Waals surface area contributed by atoms with E-state index < -0.39 is 6.10 Å². The molecule has 0 amide bonds. The molecule has 1 N–H and O–H groups in total. The fraction of sp³-hybridized carbons (Fsp3) is 0.667. The first-order valence-corrected chi connectivity index (χ1v) is 8.92. The summed E-state index contributed by atoms with van der Waals surface area (Å²) in [6.07, 6.45) is 8.71. The molecule has 1 aromatic rings. The first kappa shape index (κ1) is 14.4. The van der Waals surface area contributed by atoms with Crippen LogP contribution in [0.15, 0.2) is 18.2 Å². The fourth-order valence-corrected chi connectivity index (χ4v) is 6.37. The second-order valence-electron chi connectivity index (χ2n) is 7.80. The number of rotatable bonds is 3. The van der Waals surface area contributed by atoms with Gasteiger partial charge < -0.3 is 5.11 Å². The van der Waals surface area contributed by atoms with Gasteiger partial charge in [-0.25, -0.2) is 0 Å². The van der Waals surface area contributed by atoms with Gasteiger partial charge in [-0.1, -0.05) is 29.3 Å². The van der Waals surface area contributed by atoms with E-state index in [-0.39, 0.29) is 0 Å². The van der Waals surface area contributed by atoms with Crippen molar-refractivity contribution in [3.05, 3.63) is 33.8 Å². The van der Waals surface area contributed by atoms with Gasteiger partial charge in [-0.05, 0) is 85.8 Å². The van der Waals surface area contributed by atoms with Crippen LogP contribution in [0.2, 0.25) is 10.0 Å². The zero-order valence-corrected chi connectivity index (χ0v) is 13.7. The molecule has 21 heavy (non-hydrogen) atoms. The largest absolute Gasteiger partial charge is 0.388 e. The maximum absolute atomic E-state index is 10.7. The lowest BCUT2D eigenvalue weighted by Gasteiger charge is -2.57. The van der Waals surface area contributed by atoms with Gasteiger partial charge in [0.2, 0.25) is 0 Å². The van der Waals surface area contributed by atoms with E-state index >= 15 is 0 Å². The standard InChI is InChI=1S/C18H22Cl2O/c19-14-1-2-15(16(20)6-14)17(21)10-18-7-11-3-12(8-18)5-13(4-11)9-18/h1-2,6,11-13,17,21H,3-5,7-10H2. The Labute approximate surface area is 136 Å². The van der Waals surface area contributed by atoms with Gasteiger partial charge in [-0.15, -0.1) is 0 Å². The number of hydrogen-bond acceptors (Lipinski definition) is 1. The van der Waals surface area contributed by atoms with Gasteiger partial charge in [0.05, 0.1) is 6.10 Å². The third-order valence-corrected chi connectivity index (χ3v) is 6.68. The minimum atomic E-state index is -0.453. The Bertz CT molecular complexity index is 519. The van der Waals surface area contributed by atoms with Crippen molar-refractivity contribution in [1.29, 1.82) is 0 Å². The van der Waals surface area contributed by atoms with Crippen LogP contribution in [0.4, 0.5) is 0 Å². The van der Waals surface area contributed by atoms with Crippen molar-refractivity contribution < 1.29 is 5.11 Å². The summed E-state index contributed by atoms with van der Waals surface area (Å²) in [4.78, 5) is 0. The fourth-order valence-electron chi connectivity index (χ4n) is 5.83. The Morgan fingerprint density at radius 3 is 2.14 bits per heavy atom. The van der Waals surface area contributed by atoms with Crippen molar-refractivity contribution in [2.75, 3.05) is 0 Å². The van der Waals surface area contributed by atoms with E-state index in [2.05, 4.69) is 0 Å². The lowest BCUT2D eigenvalue weighted by atomic mass is 9.48. The Kier molecular flexibility index (Phi) is 3.52. The van der Waals surface area contributed by atoms with E-state index in [1.807, 2.05) is 12.1 Å². The van der Waals surface area contributed by atoms with E-state index in [1.54, 1.807) is 6.07 Å². The lowest BCUT2D eigenvalue weighted by Crippen LogP contribution is -2.46. The van der Waals surface area contributed by atoms with Gasteiger partial charge in [-0.2, -0.15) is 0 Å². The summed E-state index contributed by atoms with van der Waals surface area (Å²) in [6, 6.07) is 5.45. The van der Waals surface area contributed by atoms with E-state index in [0.717, 1.165) is 29.7 Å². The second-order valence-corrected chi connectivity index (χ2v) is 8.65. The molecule has 1 nitrogen and oxygen atoms in total. The molecule has 1 unspecified atom stereocenters. The molecule has 4 aliphatic carbocycles. The number of halogens is 2. The maximum atomic E-state index is 10.7. The maximum Gasteiger partial charge on any atom is 0.0809 e. The third kappa shape index (κ3) is 2.62. The van der Waals surface area contributed by atoms with Crippen LogP contribution in [0.3, 0.4) is 0 Å². The normalized spacial score (nSPS) is 38.7. The highest BCUT2D eigenvalue weighted by atomic mass is 35.5. The molecule has 0 saturated heterocycles. The van der Waals surface area contributed by atoms with Crippen LogP contribution in [0.5, 0.6) is 0 Å². The third-order valence-electron chi connectivity index (χ3n) is 6.11. The highest BCUT2D eigenvalue weighted by Gasteiger charge is 2.51. The molecule has 4 fully saturated rings. The van der Waals surface area contributed by atoms with Crippen molar-refractivity contribution in [3.8, 4) is 0 Å². The van der Waals surface area contributed by atoms with Crippen LogP contribution in [0.1, 0.15) is 56.6 Å². The SMILES string of the molecule is OC(CC12CC3CC(CC(C3)C1)C2)c1ccc(Cl)cc1Cl. The summed E-state index contributed by atoms with van der Waals surface area (Å²) in [5.41, 5.74) is 1.22. The molecule has 0 aromatic heterocycles. The van der Waals surface area contributed by atoms with Gasteiger partial charge in [0.25, 0.3) is 0 Å². The van der Waals surface area contributed by atoms with Crippen molar-refractivity contribution in [2.24, 2.45) is 23.2 Å². The zero-order chi connectivity index (χ0) is 14.6. The molecule has 1 aromatic carbocycles. The molecule has 114 valence electrons. The molecule has 5 rings (SSSR count). The minimum absolute atomic E-state index is 0.372. The van der Waals surface area contributed by atoms with Crippen LogP contribution in [0, 0.1) is 23.2 Å². The first-order valence-electron chi connectivity index (χ1n) is 8.16. The summed E-state index contributed by atoms with van der Waals surface area (Å²) in [7, 11) is 0. The smallest absolute Gasteiger partial charge is 0.0809 e. The van der Waals surface area contributed by atoms with Crippen molar-refractivity contribution in [3.63, 3.8) is 0 Å². The topological polar surface area (TPSA) is 20.2 Å². The summed E-state index contributed by atoms with van der Waals surface area (Å²) in [6.45, 7) is 0.